The molecule has 5 unspecified atom stereocenters. The number of nitrogens with zero attached hydrogens (tertiary/aromatic N) is 1. The quantitative estimate of drug-likeness (QED) is 0.444. The van der Waals surface area contributed by atoms with Crippen molar-refractivity contribution in [2.45, 2.75) is 68.0 Å². The molecule has 1 saturated heterocycles. The summed E-state index contributed by atoms with van der Waals surface area (Å²) >= 11 is 12.2. The first-order chi connectivity index (χ1) is 13.3. The first kappa shape index (κ1) is 23.4. The van der Waals surface area contributed by atoms with Crippen LogP contribution in [-0.2, 0) is 24.2 Å². The highest BCUT2D eigenvalue weighted by Gasteiger charge is 2.31. The van der Waals surface area contributed by atoms with Gasteiger partial charge >= 0.3 is 0 Å². The fourth-order valence-electron chi connectivity index (χ4n) is 2.98. The molecule has 0 bridgehead atoms. The van der Waals surface area contributed by atoms with E-state index in [0.29, 0.717) is 31.5 Å². The number of carbonyl (C=O) groups excluding carboxylic acids is 2. The van der Waals surface area contributed by atoms with Crippen molar-refractivity contribution in [2.75, 3.05) is 20.2 Å². The lowest BCUT2D eigenvalue weighted by Crippen LogP contribution is -2.47. The van der Waals surface area contributed by atoms with Crippen molar-refractivity contribution in [1.29, 1.82) is 0 Å². The largest absolute Gasteiger partial charge is 0.368 e. The predicted octanol–water partition coefficient (Wildman–Crippen LogP) is 1.86. The Balaban J connectivity index is 1.58. The van der Waals surface area contributed by atoms with Crippen molar-refractivity contribution in [3.8, 4) is 0 Å². The van der Waals surface area contributed by atoms with Crippen molar-refractivity contribution in [2.24, 2.45) is 0 Å². The van der Waals surface area contributed by atoms with Crippen molar-refractivity contribution >= 4 is 35.0 Å². The number of halogens is 2. The van der Waals surface area contributed by atoms with Crippen molar-refractivity contribution < 1.29 is 24.2 Å². The van der Waals surface area contributed by atoms with Gasteiger partial charge in [0.1, 0.15) is 6.61 Å². The van der Waals surface area contributed by atoms with Crippen LogP contribution in [0.3, 0.4) is 0 Å². The maximum atomic E-state index is 12.1. The number of carbonyl (C=O) groups is 2. The molecule has 2 N–H and O–H groups in total. The zero-order chi connectivity index (χ0) is 20.7. The summed E-state index contributed by atoms with van der Waals surface area (Å²) in [5.41, 5.74) is 0.502. The highest BCUT2D eigenvalue weighted by atomic mass is 35.5. The van der Waals surface area contributed by atoms with E-state index in [-0.39, 0.29) is 41.3 Å². The van der Waals surface area contributed by atoms with Gasteiger partial charge in [-0.1, -0.05) is 6.58 Å². The zero-order valence-electron chi connectivity index (χ0n) is 16.3. The molecule has 2 amide bonds. The summed E-state index contributed by atoms with van der Waals surface area (Å²) in [6, 6.07) is 0.0762. The van der Waals surface area contributed by atoms with Crippen molar-refractivity contribution in [1.82, 2.24) is 15.7 Å². The summed E-state index contributed by atoms with van der Waals surface area (Å²) < 4.78 is 5.60. The SMILES string of the molecule is C=C(CCNC(=O)C1CC(C)N(C)OO1)NC(=O)COC1CCC(Cl)C(Cl)C1. The van der Waals surface area contributed by atoms with Crippen LogP contribution in [-0.4, -0.2) is 66.1 Å². The zero-order valence-corrected chi connectivity index (χ0v) is 17.8. The molecule has 0 spiro atoms. The first-order valence-corrected chi connectivity index (χ1v) is 10.3. The number of ether oxygens (including phenoxy) is 1. The summed E-state index contributed by atoms with van der Waals surface area (Å²) in [7, 11) is 1.74. The Kier molecular flexibility index (Phi) is 9.46. The van der Waals surface area contributed by atoms with E-state index in [2.05, 4.69) is 17.2 Å². The topological polar surface area (TPSA) is 89.1 Å². The molecule has 0 radical (unpaired) electrons. The van der Waals surface area contributed by atoms with E-state index in [0.717, 1.165) is 12.8 Å². The van der Waals surface area contributed by atoms with E-state index >= 15 is 0 Å². The van der Waals surface area contributed by atoms with E-state index in [1.54, 1.807) is 12.1 Å². The molecule has 28 heavy (non-hydrogen) atoms. The normalized spacial score (nSPS) is 31.2. The highest BCUT2D eigenvalue weighted by Crippen LogP contribution is 2.29. The minimum atomic E-state index is -0.656. The van der Waals surface area contributed by atoms with Crippen LogP contribution in [0.4, 0.5) is 0 Å². The molecule has 8 nitrogen and oxygen atoms in total. The van der Waals surface area contributed by atoms with Gasteiger partial charge in [0.05, 0.1) is 16.9 Å². The van der Waals surface area contributed by atoms with Crippen LogP contribution in [0.2, 0.25) is 0 Å². The lowest BCUT2D eigenvalue weighted by Gasteiger charge is -2.31. The molecule has 1 aliphatic carbocycles. The number of amides is 2. The lowest BCUT2D eigenvalue weighted by molar-refractivity contribution is -0.464. The number of alkyl halides is 2. The van der Waals surface area contributed by atoms with Gasteiger partial charge in [-0.2, -0.15) is 5.06 Å². The van der Waals surface area contributed by atoms with Gasteiger partial charge in [0, 0.05) is 38.2 Å². The molecule has 0 aromatic carbocycles. The van der Waals surface area contributed by atoms with Crippen molar-refractivity contribution in [3.63, 3.8) is 0 Å². The van der Waals surface area contributed by atoms with Gasteiger partial charge in [0.25, 0.3) is 5.91 Å². The molecule has 1 aliphatic heterocycles. The summed E-state index contributed by atoms with van der Waals surface area (Å²) in [6.07, 6.45) is 2.43. The monoisotopic (exact) mass is 437 g/mol. The Morgan fingerprint density at radius 1 is 1.25 bits per heavy atom. The van der Waals surface area contributed by atoms with Gasteiger partial charge in [0.15, 0.2) is 6.10 Å². The fraction of sp³-hybridized carbons (Fsp3) is 0.778. The molecule has 5 atom stereocenters. The first-order valence-electron chi connectivity index (χ1n) is 9.47. The predicted molar refractivity (Wildman–Crippen MR) is 106 cm³/mol. The van der Waals surface area contributed by atoms with E-state index in [9.17, 15) is 9.59 Å². The smallest absolute Gasteiger partial charge is 0.252 e. The maximum absolute atomic E-state index is 12.1. The summed E-state index contributed by atoms with van der Waals surface area (Å²) in [5, 5.41) is 6.80. The Morgan fingerprint density at radius 3 is 2.68 bits per heavy atom. The fourth-order valence-corrected chi connectivity index (χ4v) is 3.53. The van der Waals surface area contributed by atoms with Crippen LogP contribution >= 0.6 is 23.2 Å². The third kappa shape index (κ3) is 7.50. The van der Waals surface area contributed by atoms with Crippen LogP contribution in [0.25, 0.3) is 0 Å². The number of hydrogen-bond donors (Lipinski definition) is 2. The van der Waals surface area contributed by atoms with E-state index in [1.165, 1.54) is 0 Å². The molecule has 2 rings (SSSR count). The van der Waals surface area contributed by atoms with E-state index < -0.39 is 6.10 Å². The average Bonchev–Trinajstić information content (AvgIpc) is 2.64. The molecule has 2 fully saturated rings. The van der Waals surface area contributed by atoms with Gasteiger partial charge in [-0.05, 0) is 26.2 Å². The second-order valence-electron chi connectivity index (χ2n) is 7.26. The van der Waals surface area contributed by atoms with Crippen LogP contribution in [0, 0.1) is 0 Å². The summed E-state index contributed by atoms with van der Waals surface area (Å²) in [4.78, 5) is 34.1. The molecule has 1 saturated carbocycles. The second kappa shape index (κ2) is 11.3. The molecular weight excluding hydrogens is 409 g/mol. The van der Waals surface area contributed by atoms with Gasteiger partial charge in [-0.15, -0.1) is 28.2 Å². The van der Waals surface area contributed by atoms with Crippen molar-refractivity contribution in [3.05, 3.63) is 12.3 Å². The maximum Gasteiger partial charge on any atom is 0.252 e. The molecule has 160 valence electrons. The van der Waals surface area contributed by atoms with E-state index in [4.69, 9.17) is 37.8 Å². The summed E-state index contributed by atoms with van der Waals surface area (Å²) in [5.74, 6) is -0.538. The van der Waals surface area contributed by atoms with Gasteiger partial charge in [-0.3, -0.25) is 9.59 Å². The third-order valence-corrected chi connectivity index (χ3v) is 6.02. The Morgan fingerprint density at radius 2 is 2.00 bits per heavy atom. The number of nitrogens with one attached hydrogen (secondary N) is 2. The van der Waals surface area contributed by atoms with Crippen LogP contribution in [0.5, 0.6) is 0 Å². The standard InChI is InChI=1S/C18H29Cl2N3O5/c1-11(6-7-21-18(25)16-8-12(2)23(3)28-27-16)22-17(24)10-26-13-4-5-14(19)15(20)9-13/h12-16H,1,4-10H2,2-3H3,(H,21,25)(H,22,24). The minimum Gasteiger partial charge on any atom is -0.368 e. The third-order valence-electron chi connectivity index (χ3n) is 4.88. The van der Waals surface area contributed by atoms with E-state index in [1.807, 2.05) is 6.92 Å². The number of rotatable bonds is 8. The van der Waals surface area contributed by atoms with Crippen LogP contribution < -0.4 is 10.6 Å². The number of hydroxylamine groups is 2. The molecule has 0 aromatic rings. The molecule has 2 aliphatic rings. The Labute approximate surface area is 175 Å². The van der Waals surface area contributed by atoms with Crippen LogP contribution in [0.15, 0.2) is 12.3 Å². The molecule has 0 aromatic heterocycles. The Bertz CT molecular complexity index is 565. The Hall–Kier alpha value is -0.900. The second-order valence-corrected chi connectivity index (χ2v) is 8.38. The van der Waals surface area contributed by atoms with Gasteiger partial charge in [-0.25, -0.2) is 4.89 Å². The highest BCUT2D eigenvalue weighted by molar-refractivity contribution is 6.30. The van der Waals surface area contributed by atoms with Crippen LogP contribution in [0.1, 0.15) is 39.0 Å². The number of hydrogen-bond acceptors (Lipinski definition) is 6. The lowest BCUT2D eigenvalue weighted by atomic mass is 9.97. The van der Waals surface area contributed by atoms with Gasteiger partial charge in [0.2, 0.25) is 5.91 Å². The molecule has 1 heterocycles. The summed E-state index contributed by atoms with van der Waals surface area (Å²) in [6.45, 7) is 6.01. The minimum absolute atomic E-state index is 0.0416. The molecular formula is C18H29Cl2N3O5. The average molecular weight is 438 g/mol. The molecule has 10 heteroatoms. The van der Waals surface area contributed by atoms with Gasteiger partial charge < -0.3 is 15.4 Å².